The average Bonchev–Trinajstić information content (AvgIpc) is 2.76. The molecular formula is C28H39N3O. The largest absolute Gasteiger partial charge is 0.497 e. The van der Waals surface area contributed by atoms with Gasteiger partial charge in [-0.25, -0.2) is 0 Å². The topological polar surface area (TPSA) is 27.7 Å². The van der Waals surface area contributed by atoms with Crippen LogP contribution in [0.15, 0.2) is 48.5 Å². The molecule has 2 heterocycles. The van der Waals surface area contributed by atoms with Crippen molar-refractivity contribution in [3.63, 3.8) is 0 Å². The third kappa shape index (κ3) is 4.33. The summed E-state index contributed by atoms with van der Waals surface area (Å²) in [6.45, 7) is 11.8. The lowest BCUT2D eigenvalue weighted by Gasteiger charge is -2.60. The van der Waals surface area contributed by atoms with Crippen molar-refractivity contribution >= 4 is 0 Å². The van der Waals surface area contributed by atoms with Gasteiger partial charge in [0, 0.05) is 51.4 Å². The summed E-state index contributed by atoms with van der Waals surface area (Å²) >= 11 is 0. The second-order valence-corrected chi connectivity index (χ2v) is 10.6. The third-order valence-corrected chi connectivity index (χ3v) is 8.16. The van der Waals surface area contributed by atoms with Crippen LogP contribution < -0.4 is 10.1 Å². The SMILES string of the molecule is COc1ccc(CCN2CCN(C3CC4(CNC4)C3)C(c3ccccc3C(C)C)C2)cc1. The second-order valence-electron chi connectivity index (χ2n) is 10.6. The van der Waals surface area contributed by atoms with Gasteiger partial charge in [0.15, 0.2) is 0 Å². The van der Waals surface area contributed by atoms with E-state index in [4.69, 9.17) is 4.74 Å². The van der Waals surface area contributed by atoms with Crippen molar-refractivity contribution < 1.29 is 4.74 Å². The number of nitrogens with one attached hydrogen (secondary N) is 1. The molecule has 1 spiro atoms. The molecule has 2 aromatic rings. The van der Waals surface area contributed by atoms with Crippen LogP contribution in [0.4, 0.5) is 0 Å². The fourth-order valence-electron chi connectivity index (χ4n) is 6.13. The van der Waals surface area contributed by atoms with Gasteiger partial charge in [0.1, 0.15) is 5.75 Å². The van der Waals surface area contributed by atoms with Crippen molar-refractivity contribution in [2.45, 2.75) is 51.1 Å². The fourth-order valence-corrected chi connectivity index (χ4v) is 6.13. The van der Waals surface area contributed by atoms with Gasteiger partial charge in [-0.05, 0) is 59.4 Å². The zero-order chi connectivity index (χ0) is 22.1. The fraction of sp³-hybridized carbons (Fsp3) is 0.571. The monoisotopic (exact) mass is 433 g/mol. The molecule has 1 aliphatic carbocycles. The average molecular weight is 434 g/mol. The molecule has 172 valence electrons. The van der Waals surface area contributed by atoms with Crippen molar-refractivity contribution in [1.82, 2.24) is 15.1 Å². The van der Waals surface area contributed by atoms with E-state index in [-0.39, 0.29) is 0 Å². The van der Waals surface area contributed by atoms with Gasteiger partial charge >= 0.3 is 0 Å². The Morgan fingerprint density at radius 2 is 1.78 bits per heavy atom. The summed E-state index contributed by atoms with van der Waals surface area (Å²) in [7, 11) is 1.73. The minimum atomic E-state index is 0.508. The Bertz CT molecular complexity index is 897. The minimum absolute atomic E-state index is 0.508. The molecule has 0 aromatic heterocycles. The van der Waals surface area contributed by atoms with Crippen LogP contribution in [0, 0.1) is 5.41 Å². The van der Waals surface area contributed by atoms with E-state index in [1.807, 2.05) is 0 Å². The molecule has 1 saturated carbocycles. The summed E-state index contributed by atoms with van der Waals surface area (Å²) in [4.78, 5) is 5.57. The van der Waals surface area contributed by atoms with Crippen LogP contribution in [0.3, 0.4) is 0 Å². The van der Waals surface area contributed by atoms with Gasteiger partial charge in [-0.15, -0.1) is 0 Å². The number of nitrogens with zero attached hydrogens (tertiary/aromatic N) is 2. The van der Waals surface area contributed by atoms with Crippen LogP contribution in [-0.4, -0.2) is 62.2 Å². The van der Waals surface area contributed by atoms with E-state index in [2.05, 4.69) is 77.5 Å². The van der Waals surface area contributed by atoms with Gasteiger partial charge in [0.25, 0.3) is 0 Å². The van der Waals surface area contributed by atoms with Gasteiger partial charge in [-0.3, -0.25) is 9.80 Å². The molecule has 2 saturated heterocycles. The Balaban J connectivity index is 1.30. The smallest absolute Gasteiger partial charge is 0.118 e. The number of piperazine rings is 1. The molecule has 1 unspecified atom stereocenters. The molecular weight excluding hydrogens is 394 g/mol. The van der Waals surface area contributed by atoms with Gasteiger partial charge in [-0.2, -0.15) is 0 Å². The van der Waals surface area contributed by atoms with Crippen LogP contribution in [0.25, 0.3) is 0 Å². The normalized spacial score (nSPS) is 23.8. The summed E-state index contributed by atoms with van der Waals surface area (Å²) in [5.74, 6) is 1.50. The zero-order valence-electron chi connectivity index (χ0n) is 20.0. The van der Waals surface area contributed by atoms with E-state index < -0.39 is 0 Å². The Labute approximate surface area is 193 Å². The molecule has 5 rings (SSSR count). The quantitative estimate of drug-likeness (QED) is 0.697. The lowest BCUT2D eigenvalue weighted by molar-refractivity contribution is -0.0736. The van der Waals surface area contributed by atoms with E-state index in [0.29, 0.717) is 17.4 Å². The number of benzene rings is 2. The van der Waals surface area contributed by atoms with Crippen LogP contribution in [0.1, 0.15) is 55.3 Å². The second kappa shape index (κ2) is 9.17. The maximum Gasteiger partial charge on any atom is 0.118 e. The van der Waals surface area contributed by atoms with Gasteiger partial charge in [0.2, 0.25) is 0 Å². The predicted molar refractivity (Wildman–Crippen MR) is 131 cm³/mol. The highest BCUT2D eigenvalue weighted by atomic mass is 16.5. The maximum atomic E-state index is 5.31. The molecule has 4 nitrogen and oxygen atoms in total. The first-order valence-electron chi connectivity index (χ1n) is 12.5. The maximum absolute atomic E-state index is 5.31. The number of hydrogen-bond donors (Lipinski definition) is 1. The summed E-state index contributed by atoms with van der Waals surface area (Å²) in [5, 5.41) is 3.51. The zero-order valence-corrected chi connectivity index (χ0v) is 20.0. The van der Waals surface area contributed by atoms with Crippen molar-refractivity contribution in [3.05, 3.63) is 65.2 Å². The van der Waals surface area contributed by atoms with Crippen molar-refractivity contribution in [2.24, 2.45) is 5.41 Å². The lowest BCUT2D eigenvalue weighted by Crippen LogP contribution is -2.67. The Morgan fingerprint density at radius 1 is 1.03 bits per heavy atom. The molecule has 32 heavy (non-hydrogen) atoms. The van der Waals surface area contributed by atoms with E-state index >= 15 is 0 Å². The van der Waals surface area contributed by atoms with Gasteiger partial charge < -0.3 is 10.1 Å². The van der Waals surface area contributed by atoms with Crippen LogP contribution in [-0.2, 0) is 6.42 Å². The highest BCUT2D eigenvalue weighted by molar-refractivity contribution is 5.34. The third-order valence-electron chi connectivity index (χ3n) is 8.16. The van der Waals surface area contributed by atoms with E-state index in [9.17, 15) is 0 Å². The van der Waals surface area contributed by atoms with E-state index in [1.165, 1.54) is 50.1 Å². The number of hydrogen-bond acceptors (Lipinski definition) is 4. The first-order valence-corrected chi connectivity index (χ1v) is 12.5. The lowest BCUT2D eigenvalue weighted by atomic mass is 9.61. The molecule has 1 atom stereocenters. The molecule has 3 fully saturated rings. The molecule has 2 aliphatic heterocycles. The first-order chi connectivity index (χ1) is 15.6. The highest BCUT2D eigenvalue weighted by Gasteiger charge is 2.51. The highest BCUT2D eigenvalue weighted by Crippen LogP contribution is 2.49. The molecule has 2 aromatic carbocycles. The minimum Gasteiger partial charge on any atom is -0.497 e. The van der Waals surface area contributed by atoms with Gasteiger partial charge in [0.05, 0.1) is 7.11 Å². The first kappa shape index (κ1) is 21.9. The standard InChI is InChI=1S/C28H39N3O/c1-21(2)25-6-4-5-7-26(25)27-18-30(13-12-22-8-10-24(32-3)11-9-22)14-15-31(27)23-16-28(17-23)19-29-20-28/h4-11,21,23,27,29H,12-20H2,1-3H3. The Kier molecular flexibility index (Phi) is 6.28. The number of methoxy groups -OCH3 is 1. The van der Waals surface area contributed by atoms with Crippen molar-refractivity contribution in [3.8, 4) is 5.75 Å². The Hall–Kier alpha value is -1.88. The summed E-state index contributed by atoms with van der Waals surface area (Å²) in [6.07, 6.45) is 3.86. The molecule has 1 N–H and O–H groups in total. The molecule has 0 radical (unpaired) electrons. The van der Waals surface area contributed by atoms with Crippen molar-refractivity contribution in [1.29, 1.82) is 0 Å². The summed E-state index contributed by atoms with van der Waals surface area (Å²) in [6, 6.07) is 19.1. The van der Waals surface area contributed by atoms with Crippen LogP contribution in [0.2, 0.25) is 0 Å². The summed E-state index contributed by atoms with van der Waals surface area (Å²) in [5.41, 5.74) is 5.10. The predicted octanol–water partition coefficient (Wildman–Crippen LogP) is 4.47. The van der Waals surface area contributed by atoms with E-state index in [1.54, 1.807) is 12.7 Å². The van der Waals surface area contributed by atoms with Crippen molar-refractivity contribution in [2.75, 3.05) is 46.4 Å². The molecule has 0 bridgehead atoms. The molecule has 3 aliphatic rings. The Morgan fingerprint density at radius 3 is 2.44 bits per heavy atom. The van der Waals surface area contributed by atoms with Crippen LogP contribution >= 0.6 is 0 Å². The number of rotatable bonds is 7. The molecule has 4 heteroatoms. The van der Waals surface area contributed by atoms with Gasteiger partial charge in [-0.1, -0.05) is 50.2 Å². The molecule has 0 amide bonds. The van der Waals surface area contributed by atoms with E-state index in [0.717, 1.165) is 31.3 Å². The number of ether oxygens (including phenoxy) is 1. The summed E-state index contributed by atoms with van der Waals surface area (Å²) < 4.78 is 5.31. The van der Waals surface area contributed by atoms with Crippen LogP contribution in [0.5, 0.6) is 5.75 Å².